The van der Waals surface area contributed by atoms with E-state index in [1.54, 1.807) is 42.5 Å². The molecule has 3 rings (SSSR count). The molecule has 0 spiro atoms. The smallest absolute Gasteiger partial charge is 0.323 e. The molecule has 0 aliphatic carbocycles. The molecule has 3 amide bonds. The number of hydrogen-bond donors (Lipinski definition) is 3. The molecule has 0 aliphatic heterocycles. The predicted molar refractivity (Wildman–Crippen MR) is 92.2 cm³/mol. The van der Waals surface area contributed by atoms with E-state index in [0.29, 0.717) is 22.6 Å². The van der Waals surface area contributed by atoms with Crippen LogP contribution in [0.1, 0.15) is 10.4 Å². The maximum atomic E-state index is 12.0. The van der Waals surface area contributed by atoms with E-state index in [4.69, 9.17) is 4.42 Å². The SMILES string of the molecule is O=C(Nc1ccccc1)Nc1cccc(NC(=O)c2ccoc2)c1. The molecule has 6 heteroatoms. The van der Waals surface area contributed by atoms with E-state index in [1.165, 1.54) is 12.5 Å². The average molecular weight is 321 g/mol. The molecular formula is C18H15N3O3. The molecule has 1 heterocycles. The zero-order valence-corrected chi connectivity index (χ0v) is 12.7. The summed E-state index contributed by atoms with van der Waals surface area (Å²) in [5.74, 6) is -0.283. The molecule has 24 heavy (non-hydrogen) atoms. The Hall–Kier alpha value is -3.54. The van der Waals surface area contributed by atoms with Crippen LogP contribution < -0.4 is 16.0 Å². The number of anilines is 3. The second-order valence-electron chi connectivity index (χ2n) is 4.99. The maximum absolute atomic E-state index is 12.0. The Morgan fingerprint density at radius 1 is 0.750 bits per heavy atom. The van der Waals surface area contributed by atoms with Crippen molar-refractivity contribution in [2.24, 2.45) is 0 Å². The Labute approximate surface area is 138 Å². The predicted octanol–water partition coefficient (Wildman–Crippen LogP) is 4.18. The molecular weight excluding hydrogens is 306 g/mol. The molecule has 0 saturated carbocycles. The van der Waals surface area contributed by atoms with Gasteiger partial charge >= 0.3 is 6.03 Å². The van der Waals surface area contributed by atoms with Gasteiger partial charge in [-0.1, -0.05) is 24.3 Å². The fourth-order valence-electron chi connectivity index (χ4n) is 2.09. The highest BCUT2D eigenvalue weighted by Crippen LogP contribution is 2.17. The Kier molecular flexibility index (Phi) is 4.57. The number of rotatable bonds is 4. The third-order valence-electron chi connectivity index (χ3n) is 3.19. The van der Waals surface area contributed by atoms with Gasteiger partial charge in [0.2, 0.25) is 0 Å². The second kappa shape index (κ2) is 7.15. The van der Waals surface area contributed by atoms with Gasteiger partial charge in [0.15, 0.2) is 0 Å². The van der Waals surface area contributed by atoms with E-state index in [9.17, 15) is 9.59 Å². The Balaban J connectivity index is 1.62. The van der Waals surface area contributed by atoms with Crippen molar-refractivity contribution in [3.63, 3.8) is 0 Å². The van der Waals surface area contributed by atoms with Crippen molar-refractivity contribution >= 4 is 29.0 Å². The van der Waals surface area contributed by atoms with Crippen LogP contribution in [-0.2, 0) is 0 Å². The van der Waals surface area contributed by atoms with Crippen molar-refractivity contribution in [2.75, 3.05) is 16.0 Å². The highest BCUT2D eigenvalue weighted by molar-refractivity contribution is 6.05. The van der Waals surface area contributed by atoms with Gasteiger partial charge in [-0.05, 0) is 36.4 Å². The maximum Gasteiger partial charge on any atom is 0.323 e. The molecule has 0 aliphatic rings. The number of hydrogen-bond acceptors (Lipinski definition) is 3. The fraction of sp³-hybridized carbons (Fsp3) is 0. The molecule has 0 atom stereocenters. The van der Waals surface area contributed by atoms with Crippen LogP contribution in [-0.4, -0.2) is 11.9 Å². The lowest BCUT2D eigenvalue weighted by atomic mass is 10.2. The first-order valence-corrected chi connectivity index (χ1v) is 7.27. The summed E-state index contributed by atoms with van der Waals surface area (Å²) in [6.07, 6.45) is 2.80. The van der Waals surface area contributed by atoms with Crippen LogP contribution in [0.5, 0.6) is 0 Å². The molecule has 6 nitrogen and oxygen atoms in total. The van der Waals surface area contributed by atoms with Gasteiger partial charge in [-0.25, -0.2) is 4.79 Å². The van der Waals surface area contributed by atoms with E-state index >= 15 is 0 Å². The molecule has 1 aromatic heterocycles. The molecule has 0 fully saturated rings. The van der Waals surface area contributed by atoms with E-state index < -0.39 is 0 Å². The third-order valence-corrected chi connectivity index (χ3v) is 3.19. The van der Waals surface area contributed by atoms with Crippen LogP contribution in [0.15, 0.2) is 77.6 Å². The number of amides is 3. The lowest BCUT2D eigenvalue weighted by molar-refractivity contribution is 0.102. The number of benzene rings is 2. The molecule has 0 unspecified atom stereocenters. The minimum absolute atomic E-state index is 0.283. The summed E-state index contributed by atoms with van der Waals surface area (Å²) < 4.78 is 4.88. The number of nitrogens with one attached hydrogen (secondary N) is 3. The zero-order valence-electron chi connectivity index (χ0n) is 12.7. The first-order chi connectivity index (χ1) is 11.7. The summed E-state index contributed by atoms with van der Waals surface area (Å²) in [6, 6.07) is 17.2. The summed E-state index contributed by atoms with van der Waals surface area (Å²) in [6.45, 7) is 0. The lowest BCUT2D eigenvalue weighted by Gasteiger charge is -2.09. The van der Waals surface area contributed by atoms with Gasteiger partial charge < -0.3 is 20.4 Å². The van der Waals surface area contributed by atoms with Crippen molar-refractivity contribution in [3.05, 3.63) is 78.8 Å². The molecule has 0 saturated heterocycles. The first-order valence-electron chi connectivity index (χ1n) is 7.27. The van der Waals surface area contributed by atoms with Gasteiger partial charge in [0.1, 0.15) is 6.26 Å². The number of furan rings is 1. The zero-order chi connectivity index (χ0) is 16.8. The Morgan fingerprint density at radius 3 is 2.12 bits per heavy atom. The molecule has 0 radical (unpaired) electrons. The van der Waals surface area contributed by atoms with Crippen molar-refractivity contribution in [2.45, 2.75) is 0 Å². The van der Waals surface area contributed by atoms with Gasteiger partial charge in [-0.3, -0.25) is 4.79 Å². The van der Waals surface area contributed by atoms with Gasteiger partial charge in [0.25, 0.3) is 5.91 Å². The van der Waals surface area contributed by atoms with Crippen molar-refractivity contribution in [1.82, 2.24) is 0 Å². The summed E-state index contributed by atoms with van der Waals surface area (Å²) in [5.41, 5.74) is 2.25. The van der Waals surface area contributed by atoms with Crippen LogP contribution in [0.25, 0.3) is 0 Å². The summed E-state index contributed by atoms with van der Waals surface area (Å²) in [4.78, 5) is 24.0. The number of para-hydroxylation sites is 1. The van der Waals surface area contributed by atoms with Crippen LogP contribution in [0.3, 0.4) is 0 Å². The summed E-state index contributed by atoms with van der Waals surface area (Å²) >= 11 is 0. The van der Waals surface area contributed by atoms with Crippen molar-refractivity contribution in [1.29, 1.82) is 0 Å². The van der Waals surface area contributed by atoms with Gasteiger partial charge in [-0.15, -0.1) is 0 Å². The van der Waals surface area contributed by atoms with Crippen molar-refractivity contribution < 1.29 is 14.0 Å². The van der Waals surface area contributed by atoms with Gasteiger partial charge in [0.05, 0.1) is 11.8 Å². The van der Waals surface area contributed by atoms with Crippen LogP contribution >= 0.6 is 0 Å². The van der Waals surface area contributed by atoms with E-state index in [-0.39, 0.29) is 11.9 Å². The Bertz CT molecular complexity index is 830. The van der Waals surface area contributed by atoms with E-state index in [2.05, 4.69) is 16.0 Å². The van der Waals surface area contributed by atoms with Crippen LogP contribution in [0, 0.1) is 0 Å². The molecule has 3 N–H and O–H groups in total. The lowest BCUT2D eigenvalue weighted by Crippen LogP contribution is -2.19. The standard InChI is InChI=1S/C18H15N3O3/c22-17(13-9-10-24-12-13)19-15-7-4-8-16(11-15)21-18(23)20-14-5-2-1-3-6-14/h1-12H,(H,19,22)(H2,20,21,23). The average Bonchev–Trinajstić information content (AvgIpc) is 3.10. The minimum Gasteiger partial charge on any atom is -0.472 e. The molecule has 2 aromatic carbocycles. The molecule has 120 valence electrons. The topological polar surface area (TPSA) is 83.4 Å². The fourth-order valence-corrected chi connectivity index (χ4v) is 2.09. The van der Waals surface area contributed by atoms with E-state index in [0.717, 1.165) is 0 Å². The Morgan fingerprint density at radius 2 is 1.42 bits per heavy atom. The highest BCUT2D eigenvalue weighted by atomic mass is 16.3. The molecule has 0 bridgehead atoms. The minimum atomic E-state index is -0.362. The molecule has 3 aromatic rings. The van der Waals surface area contributed by atoms with Gasteiger partial charge in [0, 0.05) is 17.1 Å². The van der Waals surface area contributed by atoms with Crippen LogP contribution in [0.4, 0.5) is 21.9 Å². The van der Waals surface area contributed by atoms with Crippen LogP contribution in [0.2, 0.25) is 0 Å². The normalized spacial score (nSPS) is 10.0. The number of carbonyl (C=O) groups excluding carboxylic acids is 2. The number of carbonyl (C=O) groups is 2. The largest absolute Gasteiger partial charge is 0.472 e. The monoisotopic (exact) mass is 321 g/mol. The van der Waals surface area contributed by atoms with E-state index in [1.807, 2.05) is 18.2 Å². The quantitative estimate of drug-likeness (QED) is 0.674. The third kappa shape index (κ3) is 4.01. The summed E-state index contributed by atoms with van der Waals surface area (Å²) in [7, 11) is 0. The van der Waals surface area contributed by atoms with Crippen molar-refractivity contribution in [3.8, 4) is 0 Å². The van der Waals surface area contributed by atoms with Gasteiger partial charge in [-0.2, -0.15) is 0 Å². The highest BCUT2D eigenvalue weighted by Gasteiger charge is 2.08. The summed E-state index contributed by atoms with van der Waals surface area (Å²) in [5, 5.41) is 8.18. The second-order valence-corrected chi connectivity index (χ2v) is 4.99. The number of urea groups is 1. The first kappa shape index (κ1) is 15.4.